The van der Waals surface area contributed by atoms with E-state index in [1.165, 1.54) is 45.1 Å². The van der Waals surface area contributed by atoms with Crippen molar-refractivity contribution in [1.29, 1.82) is 0 Å². The molecule has 0 aromatic carbocycles. The van der Waals surface area contributed by atoms with Crippen molar-refractivity contribution in [2.24, 2.45) is 0 Å². The van der Waals surface area contributed by atoms with Gasteiger partial charge in [0.05, 0.1) is 13.2 Å². The Morgan fingerprint density at radius 2 is 1.56 bits per heavy atom. The monoisotopic (exact) mass is 257 g/mol. The Morgan fingerprint density at radius 1 is 0.889 bits per heavy atom. The van der Waals surface area contributed by atoms with Crippen molar-refractivity contribution in [3.63, 3.8) is 0 Å². The van der Waals surface area contributed by atoms with Crippen molar-refractivity contribution in [2.75, 3.05) is 46.1 Å². The predicted molar refractivity (Wildman–Crippen MR) is 76.1 cm³/mol. The van der Waals surface area contributed by atoms with Gasteiger partial charge in [0, 0.05) is 32.8 Å². The van der Waals surface area contributed by atoms with Crippen molar-refractivity contribution in [3.05, 3.63) is 0 Å². The van der Waals surface area contributed by atoms with Gasteiger partial charge in [-0.3, -0.25) is 4.90 Å². The maximum absolute atomic E-state index is 5.67. The molecule has 1 heterocycles. The minimum Gasteiger partial charge on any atom is -0.381 e. The fourth-order valence-corrected chi connectivity index (χ4v) is 2.30. The summed E-state index contributed by atoms with van der Waals surface area (Å²) >= 11 is 0. The maximum atomic E-state index is 5.67. The van der Waals surface area contributed by atoms with Crippen molar-refractivity contribution < 1.29 is 9.47 Å². The molecule has 0 saturated carbocycles. The van der Waals surface area contributed by atoms with E-state index in [1.54, 1.807) is 0 Å². The summed E-state index contributed by atoms with van der Waals surface area (Å²) in [4.78, 5) is 2.47. The van der Waals surface area contributed by atoms with Gasteiger partial charge >= 0.3 is 0 Å². The lowest BCUT2D eigenvalue weighted by Crippen LogP contribution is -2.37. The molecule has 1 rings (SSSR count). The van der Waals surface area contributed by atoms with E-state index in [0.717, 1.165) is 45.9 Å². The SMILES string of the molecule is CCCCCCCCOCCCN1CCOCC1. The number of unbranched alkanes of at least 4 members (excludes halogenated alkanes) is 5. The zero-order chi connectivity index (χ0) is 12.9. The summed E-state index contributed by atoms with van der Waals surface area (Å²) in [6.07, 6.45) is 9.23. The van der Waals surface area contributed by atoms with E-state index in [4.69, 9.17) is 9.47 Å². The van der Waals surface area contributed by atoms with Crippen LogP contribution in [0.1, 0.15) is 51.9 Å². The summed E-state index contributed by atoms with van der Waals surface area (Å²) in [6, 6.07) is 0. The van der Waals surface area contributed by atoms with Gasteiger partial charge in [0.1, 0.15) is 0 Å². The van der Waals surface area contributed by atoms with Crippen LogP contribution in [0, 0.1) is 0 Å². The molecule has 0 aromatic heterocycles. The summed E-state index contributed by atoms with van der Waals surface area (Å²) in [5, 5.41) is 0. The van der Waals surface area contributed by atoms with Gasteiger partial charge in [-0.1, -0.05) is 39.0 Å². The highest BCUT2D eigenvalue weighted by Gasteiger charge is 2.08. The van der Waals surface area contributed by atoms with Crippen molar-refractivity contribution in [2.45, 2.75) is 51.9 Å². The maximum Gasteiger partial charge on any atom is 0.0594 e. The van der Waals surface area contributed by atoms with Crippen LogP contribution in [0.15, 0.2) is 0 Å². The van der Waals surface area contributed by atoms with Crippen molar-refractivity contribution in [1.82, 2.24) is 4.90 Å². The van der Waals surface area contributed by atoms with Crippen LogP contribution in [0.4, 0.5) is 0 Å². The molecule has 0 bridgehead atoms. The van der Waals surface area contributed by atoms with E-state index >= 15 is 0 Å². The molecule has 0 spiro atoms. The summed E-state index contributed by atoms with van der Waals surface area (Å²) < 4.78 is 11.0. The van der Waals surface area contributed by atoms with Crippen LogP contribution in [0.5, 0.6) is 0 Å². The normalized spacial score (nSPS) is 17.2. The standard InChI is InChI=1S/C15H31NO2/c1-2-3-4-5-6-7-12-17-13-8-9-16-10-14-18-15-11-16/h2-15H2,1H3. The van der Waals surface area contributed by atoms with Gasteiger partial charge in [-0.05, 0) is 12.8 Å². The molecular formula is C15H31NO2. The predicted octanol–water partition coefficient (Wildman–Crippen LogP) is 3.09. The molecule has 108 valence electrons. The Bertz CT molecular complexity index is 170. The van der Waals surface area contributed by atoms with Crippen LogP contribution in [0.25, 0.3) is 0 Å². The Balaban J connectivity index is 1.73. The van der Waals surface area contributed by atoms with Crippen LogP contribution >= 0.6 is 0 Å². The van der Waals surface area contributed by atoms with E-state index in [0.29, 0.717) is 0 Å². The van der Waals surface area contributed by atoms with Gasteiger partial charge in [0.2, 0.25) is 0 Å². The van der Waals surface area contributed by atoms with Crippen molar-refractivity contribution >= 4 is 0 Å². The van der Waals surface area contributed by atoms with Crippen LogP contribution < -0.4 is 0 Å². The van der Waals surface area contributed by atoms with Gasteiger partial charge < -0.3 is 9.47 Å². The van der Waals surface area contributed by atoms with E-state index in [-0.39, 0.29) is 0 Å². The van der Waals surface area contributed by atoms with Gasteiger partial charge in [-0.25, -0.2) is 0 Å². The summed E-state index contributed by atoms with van der Waals surface area (Å²) in [5.74, 6) is 0. The molecule has 0 amide bonds. The lowest BCUT2D eigenvalue weighted by Gasteiger charge is -2.26. The largest absolute Gasteiger partial charge is 0.381 e. The number of hydrogen-bond acceptors (Lipinski definition) is 3. The quantitative estimate of drug-likeness (QED) is 0.531. The second-order valence-corrected chi connectivity index (χ2v) is 5.19. The summed E-state index contributed by atoms with van der Waals surface area (Å²) in [5.41, 5.74) is 0. The van der Waals surface area contributed by atoms with E-state index in [1.807, 2.05) is 0 Å². The highest BCUT2D eigenvalue weighted by atomic mass is 16.5. The molecule has 3 heteroatoms. The minimum atomic E-state index is 0.901. The van der Waals surface area contributed by atoms with Crippen LogP contribution in [0.3, 0.4) is 0 Å². The van der Waals surface area contributed by atoms with Crippen molar-refractivity contribution in [3.8, 4) is 0 Å². The van der Waals surface area contributed by atoms with Gasteiger partial charge in [-0.2, -0.15) is 0 Å². The number of nitrogens with zero attached hydrogens (tertiary/aromatic N) is 1. The Kier molecular flexibility index (Phi) is 10.6. The first-order valence-electron chi connectivity index (χ1n) is 7.81. The first-order chi connectivity index (χ1) is 8.93. The number of morpholine rings is 1. The Hall–Kier alpha value is -0.120. The molecule has 0 N–H and O–H groups in total. The molecule has 1 aliphatic rings. The highest BCUT2D eigenvalue weighted by molar-refractivity contribution is 4.61. The Morgan fingerprint density at radius 3 is 2.33 bits per heavy atom. The third-order valence-electron chi connectivity index (χ3n) is 3.51. The molecule has 0 atom stereocenters. The van der Waals surface area contributed by atoms with Gasteiger partial charge in [0.15, 0.2) is 0 Å². The second kappa shape index (κ2) is 11.9. The van der Waals surface area contributed by atoms with Crippen LogP contribution in [-0.4, -0.2) is 51.0 Å². The topological polar surface area (TPSA) is 21.7 Å². The number of hydrogen-bond donors (Lipinski definition) is 0. The fraction of sp³-hybridized carbons (Fsp3) is 1.00. The number of ether oxygens (including phenoxy) is 2. The lowest BCUT2D eigenvalue weighted by molar-refractivity contribution is 0.0318. The smallest absolute Gasteiger partial charge is 0.0594 e. The average molecular weight is 257 g/mol. The molecule has 0 unspecified atom stereocenters. The lowest BCUT2D eigenvalue weighted by atomic mass is 10.1. The first kappa shape index (κ1) is 15.9. The molecule has 1 fully saturated rings. The molecule has 0 aliphatic carbocycles. The van der Waals surface area contributed by atoms with Crippen LogP contribution in [-0.2, 0) is 9.47 Å². The molecular weight excluding hydrogens is 226 g/mol. The molecule has 1 aliphatic heterocycles. The molecule has 0 aromatic rings. The Labute approximate surface area is 113 Å². The molecule has 1 saturated heterocycles. The van der Waals surface area contributed by atoms with Gasteiger partial charge in [-0.15, -0.1) is 0 Å². The molecule has 3 nitrogen and oxygen atoms in total. The first-order valence-corrected chi connectivity index (χ1v) is 7.81. The second-order valence-electron chi connectivity index (χ2n) is 5.19. The fourth-order valence-electron chi connectivity index (χ4n) is 2.30. The highest BCUT2D eigenvalue weighted by Crippen LogP contribution is 2.05. The average Bonchev–Trinajstić information content (AvgIpc) is 2.42. The van der Waals surface area contributed by atoms with E-state index in [9.17, 15) is 0 Å². The molecule has 18 heavy (non-hydrogen) atoms. The minimum absolute atomic E-state index is 0.901. The van der Waals surface area contributed by atoms with E-state index < -0.39 is 0 Å². The third-order valence-corrected chi connectivity index (χ3v) is 3.51. The molecule has 0 radical (unpaired) electrons. The van der Waals surface area contributed by atoms with Crippen LogP contribution in [0.2, 0.25) is 0 Å². The number of rotatable bonds is 11. The summed E-state index contributed by atoms with van der Waals surface area (Å²) in [7, 11) is 0. The zero-order valence-corrected chi connectivity index (χ0v) is 12.2. The summed E-state index contributed by atoms with van der Waals surface area (Å²) in [6.45, 7) is 9.30. The van der Waals surface area contributed by atoms with Gasteiger partial charge in [0.25, 0.3) is 0 Å². The zero-order valence-electron chi connectivity index (χ0n) is 12.2. The third kappa shape index (κ3) is 8.90. The van der Waals surface area contributed by atoms with E-state index in [2.05, 4.69) is 11.8 Å².